The molecule has 98 valence electrons. The average molecular weight is 271 g/mol. The summed E-state index contributed by atoms with van der Waals surface area (Å²) >= 11 is 6.02. The molecule has 1 N–H and O–H groups in total. The minimum Gasteiger partial charge on any atom is -0.317 e. The molecule has 0 spiro atoms. The molecule has 0 aliphatic carbocycles. The van der Waals surface area contributed by atoms with E-state index in [1.165, 1.54) is 12.1 Å². The van der Waals surface area contributed by atoms with Gasteiger partial charge in [-0.1, -0.05) is 11.6 Å². The lowest BCUT2D eigenvalue weighted by atomic mass is 10.3. The zero-order valence-electron chi connectivity index (χ0n) is 10.1. The first kappa shape index (κ1) is 13.1. The van der Waals surface area contributed by atoms with Crippen LogP contribution in [0.3, 0.4) is 0 Å². The molecule has 1 aliphatic rings. The second-order valence-corrected chi connectivity index (χ2v) is 4.73. The van der Waals surface area contributed by atoms with Crippen LogP contribution in [0.1, 0.15) is 0 Å². The predicted molar refractivity (Wildman–Crippen MR) is 70.8 cm³/mol. The summed E-state index contributed by atoms with van der Waals surface area (Å²) in [6.45, 7) is 3.75. The average Bonchev–Trinajstić information content (AvgIpc) is 2.34. The number of non-ortho nitro benzene ring substituents is 1. The molecule has 0 unspecified atom stereocenters. The van der Waals surface area contributed by atoms with Crippen molar-refractivity contribution in [3.63, 3.8) is 0 Å². The second-order valence-electron chi connectivity index (χ2n) is 4.32. The van der Waals surface area contributed by atoms with Crippen LogP contribution in [0.4, 0.5) is 11.4 Å². The van der Waals surface area contributed by atoms with Crippen LogP contribution < -0.4 is 5.43 Å². The Labute approximate surface area is 110 Å². The first-order valence-corrected chi connectivity index (χ1v) is 6.08. The molecule has 1 aromatic rings. The van der Waals surface area contributed by atoms with E-state index in [0.29, 0.717) is 10.7 Å². The van der Waals surface area contributed by atoms with Gasteiger partial charge in [0.1, 0.15) is 0 Å². The second kappa shape index (κ2) is 5.51. The van der Waals surface area contributed by atoms with E-state index < -0.39 is 4.92 Å². The molecule has 1 aromatic carbocycles. The maximum Gasteiger partial charge on any atom is 0.271 e. The number of hydrogen-bond acceptors (Lipinski definition) is 5. The number of nitro benzene ring substituents is 1. The molecule has 0 radical (unpaired) electrons. The summed E-state index contributed by atoms with van der Waals surface area (Å²) < 4.78 is 0. The van der Waals surface area contributed by atoms with Crippen molar-refractivity contribution in [2.45, 2.75) is 0 Å². The van der Waals surface area contributed by atoms with Crippen LogP contribution in [0.15, 0.2) is 18.2 Å². The van der Waals surface area contributed by atoms with Crippen LogP contribution in [-0.4, -0.2) is 48.1 Å². The molecule has 0 bridgehead atoms. The summed E-state index contributed by atoms with van der Waals surface area (Å²) in [5, 5.41) is 13.0. The van der Waals surface area contributed by atoms with Crippen LogP contribution in [0.2, 0.25) is 5.02 Å². The molecule has 0 saturated carbocycles. The van der Waals surface area contributed by atoms with Crippen molar-refractivity contribution in [3.8, 4) is 0 Å². The van der Waals surface area contributed by atoms with Gasteiger partial charge in [0.15, 0.2) is 0 Å². The third kappa shape index (κ3) is 3.10. The number of likely N-dealkylation sites (N-methyl/N-ethyl adjacent to an activating group) is 1. The van der Waals surface area contributed by atoms with Crippen molar-refractivity contribution in [1.29, 1.82) is 0 Å². The third-order valence-electron chi connectivity index (χ3n) is 2.95. The number of halogens is 1. The van der Waals surface area contributed by atoms with E-state index in [-0.39, 0.29) is 5.69 Å². The van der Waals surface area contributed by atoms with E-state index in [4.69, 9.17) is 11.6 Å². The van der Waals surface area contributed by atoms with E-state index in [1.807, 2.05) is 0 Å². The first-order chi connectivity index (χ1) is 8.56. The number of hydrogen-bond donors (Lipinski definition) is 1. The van der Waals surface area contributed by atoms with Gasteiger partial charge in [0.05, 0.1) is 15.6 Å². The monoisotopic (exact) mass is 270 g/mol. The van der Waals surface area contributed by atoms with Crippen molar-refractivity contribution in [2.24, 2.45) is 0 Å². The van der Waals surface area contributed by atoms with Gasteiger partial charge < -0.3 is 10.3 Å². The maximum absolute atomic E-state index is 10.6. The largest absolute Gasteiger partial charge is 0.317 e. The van der Waals surface area contributed by atoms with E-state index >= 15 is 0 Å². The molecule has 2 rings (SSSR count). The number of hydrazine groups is 1. The highest BCUT2D eigenvalue weighted by atomic mass is 35.5. The van der Waals surface area contributed by atoms with Gasteiger partial charge in [-0.3, -0.25) is 10.1 Å². The molecule has 1 aliphatic heterocycles. The third-order valence-corrected chi connectivity index (χ3v) is 3.26. The molecule has 1 heterocycles. The van der Waals surface area contributed by atoms with Crippen molar-refractivity contribution in [1.82, 2.24) is 9.91 Å². The zero-order valence-corrected chi connectivity index (χ0v) is 10.9. The lowest BCUT2D eigenvalue weighted by Crippen LogP contribution is -2.46. The summed E-state index contributed by atoms with van der Waals surface area (Å²) in [5.41, 5.74) is 3.89. The van der Waals surface area contributed by atoms with Crippen molar-refractivity contribution in [3.05, 3.63) is 33.3 Å². The summed E-state index contributed by atoms with van der Waals surface area (Å²) in [6, 6.07) is 4.45. The maximum atomic E-state index is 10.6. The van der Waals surface area contributed by atoms with Gasteiger partial charge in [-0.2, -0.15) is 0 Å². The number of rotatable bonds is 3. The van der Waals surface area contributed by atoms with Crippen molar-refractivity contribution in [2.75, 3.05) is 38.7 Å². The van der Waals surface area contributed by atoms with Crippen LogP contribution in [0.5, 0.6) is 0 Å². The van der Waals surface area contributed by atoms with E-state index in [9.17, 15) is 10.1 Å². The Balaban J connectivity index is 2.03. The van der Waals surface area contributed by atoms with Gasteiger partial charge in [-0.25, -0.2) is 5.01 Å². The van der Waals surface area contributed by atoms with Crippen LogP contribution in [0, 0.1) is 10.1 Å². The van der Waals surface area contributed by atoms with Gasteiger partial charge in [-0.15, -0.1) is 0 Å². The summed E-state index contributed by atoms with van der Waals surface area (Å²) in [5.74, 6) is 0. The molecular weight excluding hydrogens is 256 g/mol. The number of piperazine rings is 1. The van der Waals surface area contributed by atoms with Gasteiger partial charge >= 0.3 is 0 Å². The smallest absolute Gasteiger partial charge is 0.271 e. The normalized spacial score (nSPS) is 17.7. The lowest BCUT2D eigenvalue weighted by molar-refractivity contribution is -0.384. The zero-order chi connectivity index (χ0) is 13.1. The fourth-order valence-electron chi connectivity index (χ4n) is 1.80. The number of anilines is 1. The number of benzene rings is 1. The first-order valence-electron chi connectivity index (χ1n) is 5.70. The standard InChI is InChI=1S/C11H15ClN4O2/c1-14-4-6-15(7-5-14)13-11-3-2-9(16(17)18)8-10(11)12/h2-3,8,13H,4-7H2,1H3. The molecule has 7 heteroatoms. The summed E-state index contributed by atoms with van der Waals surface area (Å²) in [4.78, 5) is 12.4. The molecule has 18 heavy (non-hydrogen) atoms. The Morgan fingerprint density at radius 1 is 1.33 bits per heavy atom. The van der Waals surface area contributed by atoms with E-state index in [0.717, 1.165) is 26.2 Å². The minimum atomic E-state index is -0.453. The Morgan fingerprint density at radius 3 is 2.56 bits per heavy atom. The van der Waals surface area contributed by atoms with Crippen LogP contribution in [-0.2, 0) is 0 Å². The molecule has 0 amide bonds. The molecule has 1 saturated heterocycles. The predicted octanol–water partition coefficient (Wildman–Crippen LogP) is 1.82. The SMILES string of the molecule is CN1CCN(Nc2ccc([N+](=O)[O-])cc2Cl)CC1. The lowest BCUT2D eigenvalue weighted by Gasteiger charge is -2.33. The highest BCUT2D eigenvalue weighted by molar-refractivity contribution is 6.33. The van der Waals surface area contributed by atoms with E-state index in [1.54, 1.807) is 6.07 Å². The van der Waals surface area contributed by atoms with Crippen LogP contribution in [0.25, 0.3) is 0 Å². The summed E-state index contributed by atoms with van der Waals surface area (Å²) in [7, 11) is 2.08. The number of nitrogens with zero attached hydrogens (tertiary/aromatic N) is 3. The molecule has 0 aromatic heterocycles. The Morgan fingerprint density at radius 2 is 2.00 bits per heavy atom. The molecule has 0 atom stereocenters. The quantitative estimate of drug-likeness (QED) is 0.671. The Hall–Kier alpha value is -1.37. The highest BCUT2D eigenvalue weighted by Crippen LogP contribution is 2.27. The van der Waals surface area contributed by atoms with Gasteiger partial charge in [0, 0.05) is 38.3 Å². The molecule has 1 fully saturated rings. The Kier molecular flexibility index (Phi) is 4.00. The van der Waals surface area contributed by atoms with Crippen molar-refractivity contribution >= 4 is 23.0 Å². The Bertz CT molecular complexity index is 447. The van der Waals surface area contributed by atoms with E-state index in [2.05, 4.69) is 22.4 Å². The fourth-order valence-corrected chi connectivity index (χ4v) is 2.01. The molecule has 6 nitrogen and oxygen atoms in total. The summed E-state index contributed by atoms with van der Waals surface area (Å²) in [6.07, 6.45) is 0. The minimum absolute atomic E-state index is 0.00364. The van der Waals surface area contributed by atoms with Gasteiger partial charge in [-0.05, 0) is 13.1 Å². The molecular formula is C11H15ClN4O2. The van der Waals surface area contributed by atoms with Gasteiger partial charge in [0.25, 0.3) is 5.69 Å². The topological polar surface area (TPSA) is 61.6 Å². The number of nitro groups is 1. The van der Waals surface area contributed by atoms with Crippen molar-refractivity contribution < 1.29 is 4.92 Å². The fraction of sp³-hybridized carbons (Fsp3) is 0.455. The highest BCUT2D eigenvalue weighted by Gasteiger charge is 2.15. The number of nitrogens with one attached hydrogen (secondary N) is 1. The van der Waals surface area contributed by atoms with Gasteiger partial charge in [0.2, 0.25) is 0 Å². The van der Waals surface area contributed by atoms with Crippen LogP contribution >= 0.6 is 11.6 Å².